The van der Waals surface area contributed by atoms with E-state index in [2.05, 4.69) is 4.72 Å². The monoisotopic (exact) mass is 408 g/mol. The van der Waals surface area contributed by atoms with Gasteiger partial charge in [-0.1, -0.05) is 18.9 Å². The third-order valence-electron chi connectivity index (χ3n) is 4.58. The molecule has 0 saturated carbocycles. The molecule has 2 aromatic rings. The molecule has 0 bridgehead atoms. The van der Waals surface area contributed by atoms with Gasteiger partial charge in [0.1, 0.15) is 9.96 Å². The third kappa shape index (κ3) is 4.62. The first-order valence-corrected chi connectivity index (χ1v) is 11.3. The molecule has 1 N–H and O–H groups in total. The number of carbonyl (C=O) groups is 1. The summed E-state index contributed by atoms with van der Waals surface area (Å²) in [5.74, 6) is 0.351. The van der Waals surface area contributed by atoms with Gasteiger partial charge in [-0.2, -0.15) is 0 Å². The van der Waals surface area contributed by atoms with Gasteiger partial charge in [-0.15, -0.1) is 11.3 Å². The lowest BCUT2D eigenvalue weighted by atomic mass is 10.2. The van der Waals surface area contributed by atoms with Gasteiger partial charge in [0.05, 0.1) is 18.4 Å². The number of hydrogen-bond acceptors (Lipinski definition) is 5. The first-order chi connectivity index (χ1) is 12.9. The minimum absolute atomic E-state index is 0.0947. The van der Waals surface area contributed by atoms with Crippen LogP contribution < -0.4 is 9.46 Å². The number of rotatable bonds is 5. The van der Waals surface area contributed by atoms with Crippen molar-refractivity contribution in [1.29, 1.82) is 0 Å². The highest BCUT2D eigenvalue weighted by atomic mass is 32.2. The van der Waals surface area contributed by atoms with Crippen molar-refractivity contribution in [3.63, 3.8) is 0 Å². The molecule has 2 heterocycles. The number of aryl methyl sites for hydroxylation is 1. The number of nitrogens with zero attached hydrogens (tertiary/aromatic N) is 1. The molecule has 6 nitrogen and oxygen atoms in total. The van der Waals surface area contributed by atoms with E-state index in [0.29, 0.717) is 17.0 Å². The van der Waals surface area contributed by atoms with Crippen LogP contribution in [-0.4, -0.2) is 39.4 Å². The van der Waals surface area contributed by atoms with E-state index in [1.54, 1.807) is 17.5 Å². The van der Waals surface area contributed by atoms with Crippen LogP contribution in [0, 0.1) is 6.92 Å². The van der Waals surface area contributed by atoms with Crippen molar-refractivity contribution in [3.8, 4) is 5.75 Å². The number of amides is 1. The number of nitrogens with one attached hydrogen (secondary N) is 1. The van der Waals surface area contributed by atoms with E-state index in [0.717, 1.165) is 55.7 Å². The van der Waals surface area contributed by atoms with Gasteiger partial charge in [-0.25, -0.2) is 8.42 Å². The number of methoxy groups -OCH3 is 1. The molecule has 1 fully saturated rings. The zero-order chi connectivity index (χ0) is 19.4. The van der Waals surface area contributed by atoms with Crippen molar-refractivity contribution < 1.29 is 17.9 Å². The van der Waals surface area contributed by atoms with Crippen LogP contribution in [0.2, 0.25) is 0 Å². The lowest BCUT2D eigenvalue weighted by Gasteiger charge is -2.19. The van der Waals surface area contributed by atoms with E-state index >= 15 is 0 Å². The second kappa shape index (κ2) is 8.31. The van der Waals surface area contributed by atoms with Crippen molar-refractivity contribution in [2.24, 2.45) is 0 Å². The summed E-state index contributed by atoms with van der Waals surface area (Å²) in [5.41, 5.74) is 1.72. The fourth-order valence-corrected chi connectivity index (χ4v) is 5.34. The fourth-order valence-electron chi connectivity index (χ4n) is 3.12. The van der Waals surface area contributed by atoms with E-state index in [9.17, 15) is 13.2 Å². The molecule has 1 saturated heterocycles. The highest BCUT2D eigenvalue weighted by molar-refractivity contribution is 7.94. The average molecular weight is 409 g/mol. The molecule has 1 aromatic heterocycles. The van der Waals surface area contributed by atoms with E-state index in [1.807, 2.05) is 17.9 Å². The summed E-state index contributed by atoms with van der Waals surface area (Å²) in [7, 11) is -2.30. The maximum atomic E-state index is 12.8. The Morgan fingerprint density at radius 1 is 1.15 bits per heavy atom. The Morgan fingerprint density at radius 3 is 2.52 bits per heavy atom. The molecular weight excluding hydrogens is 384 g/mol. The molecule has 0 atom stereocenters. The van der Waals surface area contributed by atoms with E-state index in [4.69, 9.17) is 4.74 Å². The summed E-state index contributed by atoms with van der Waals surface area (Å²) in [6.07, 6.45) is 4.26. The number of thiophene rings is 1. The average Bonchev–Trinajstić information content (AvgIpc) is 2.98. The van der Waals surface area contributed by atoms with Gasteiger partial charge in [-0.3, -0.25) is 9.52 Å². The molecule has 3 rings (SSSR count). The molecule has 1 aliphatic heterocycles. The normalized spacial score (nSPS) is 15.3. The van der Waals surface area contributed by atoms with Crippen molar-refractivity contribution in [2.45, 2.75) is 36.8 Å². The molecule has 8 heteroatoms. The lowest BCUT2D eigenvalue weighted by molar-refractivity contribution is 0.0762. The number of ether oxygens (including phenoxy) is 1. The number of likely N-dealkylation sites (tertiary alicyclic amines) is 1. The van der Waals surface area contributed by atoms with Crippen LogP contribution in [0.5, 0.6) is 5.75 Å². The summed E-state index contributed by atoms with van der Waals surface area (Å²) in [6.45, 7) is 3.34. The number of hydrogen-bond donors (Lipinski definition) is 1. The minimum atomic E-state index is -3.80. The van der Waals surface area contributed by atoms with Crippen LogP contribution in [0.25, 0.3) is 0 Å². The molecule has 0 spiro atoms. The number of carbonyl (C=O) groups excluding carboxylic acids is 1. The van der Waals surface area contributed by atoms with E-state index < -0.39 is 10.0 Å². The Labute approximate surface area is 164 Å². The molecule has 0 unspecified atom stereocenters. The number of anilines is 1. The summed E-state index contributed by atoms with van der Waals surface area (Å²) >= 11 is 1.05. The Balaban J connectivity index is 1.80. The smallest absolute Gasteiger partial charge is 0.271 e. The zero-order valence-corrected chi connectivity index (χ0v) is 17.2. The van der Waals surface area contributed by atoms with Crippen LogP contribution in [0.1, 0.15) is 41.6 Å². The topological polar surface area (TPSA) is 75.7 Å². The SMILES string of the molecule is COc1ccc(C)cc1NS(=O)(=O)c1cc(C(=O)N2CCCCCC2)cs1. The molecule has 0 radical (unpaired) electrons. The first kappa shape index (κ1) is 19.7. The second-order valence-corrected chi connectivity index (χ2v) is 9.49. The summed E-state index contributed by atoms with van der Waals surface area (Å²) in [6, 6.07) is 6.74. The number of benzene rings is 1. The lowest BCUT2D eigenvalue weighted by Crippen LogP contribution is -2.31. The molecule has 1 amide bonds. The predicted molar refractivity (Wildman–Crippen MR) is 107 cm³/mol. The Kier molecular flexibility index (Phi) is 6.06. The first-order valence-electron chi connectivity index (χ1n) is 8.96. The highest BCUT2D eigenvalue weighted by Crippen LogP contribution is 2.30. The molecule has 0 aliphatic carbocycles. The quantitative estimate of drug-likeness (QED) is 0.815. The predicted octanol–water partition coefficient (Wildman–Crippen LogP) is 3.88. The standard InChI is InChI=1S/C19H24N2O4S2/c1-14-7-8-17(25-2)16(11-14)20-27(23,24)18-12-15(13-26-18)19(22)21-9-5-3-4-6-10-21/h7-8,11-13,20H,3-6,9-10H2,1-2H3. The third-order valence-corrected chi connectivity index (χ3v) is 7.38. The van der Waals surface area contributed by atoms with Crippen LogP contribution >= 0.6 is 11.3 Å². The summed E-state index contributed by atoms with van der Waals surface area (Å²) in [4.78, 5) is 14.5. The van der Waals surface area contributed by atoms with Gasteiger partial charge in [0.2, 0.25) is 0 Å². The van der Waals surface area contributed by atoms with Crippen molar-refractivity contribution in [3.05, 3.63) is 40.8 Å². The Morgan fingerprint density at radius 2 is 1.85 bits per heavy atom. The van der Waals surface area contributed by atoms with E-state index in [-0.39, 0.29) is 10.1 Å². The highest BCUT2D eigenvalue weighted by Gasteiger charge is 2.23. The van der Waals surface area contributed by atoms with Crippen LogP contribution in [-0.2, 0) is 10.0 Å². The van der Waals surface area contributed by atoms with Crippen LogP contribution in [0.15, 0.2) is 33.9 Å². The van der Waals surface area contributed by atoms with Gasteiger partial charge in [0.15, 0.2) is 0 Å². The fraction of sp³-hybridized carbons (Fsp3) is 0.421. The molecule has 146 valence electrons. The van der Waals surface area contributed by atoms with Gasteiger partial charge in [0, 0.05) is 18.5 Å². The number of sulfonamides is 1. The molecule has 1 aliphatic rings. The Hall–Kier alpha value is -2.06. The molecular formula is C19H24N2O4S2. The van der Waals surface area contributed by atoms with Gasteiger partial charge >= 0.3 is 0 Å². The largest absolute Gasteiger partial charge is 0.495 e. The van der Waals surface area contributed by atoms with Gasteiger partial charge in [0.25, 0.3) is 15.9 Å². The summed E-state index contributed by atoms with van der Waals surface area (Å²) < 4.78 is 33.5. The second-order valence-electron chi connectivity index (χ2n) is 6.67. The zero-order valence-electron chi connectivity index (χ0n) is 15.5. The maximum Gasteiger partial charge on any atom is 0.271 e. The van der Waals surface area contributed by atoms with Crippen LogP contribution in [0.4, 0.5) is 5.69 Å². The van der Waals surface area contributed by atoms with Gasteiger partial charge < -0.3 is 9.64 Å². The van der Waals surface area contributed by atoms with Crippen molar-refractivity contribution in [2.75, 3.05) is 24.9 Å². The van der Waals surface area contributed by atoms with Gasteiger partial charge in [-0.05, 0) is 43.5 Å². The van der Waals surface area contributed by atoms with E-state index in [1.165, 1.54) is 13.2 Å². The summed E-state index contributed by atoms with van der Waals surface area (Å²) in [5, 5.41) is 1.62. The van der Waals surface area contributed by atoms with Crippen molar-refractivity contribution in [1.82, 2.24) is 4.90 Å². The minimum Gasteiger partial charge on any atom is -0.495 e. The van der Waals surface area contributed by atoms with Crippen LogP contribution in [0.3, 0.4) is 0 Å². The Bertz CT molecular complexity index is 914. The maximum absolute atomic E-state index is 12.8. The molecule has 1 aromatic carbocycles. The van der Waals surface area contributed by atoms with Crippen molar-refractivity contribution >= 4 is 33.0 Å². The molecule has 27 heavy (non-hydrogen) atoms.